The lowest BCUT2D eigenvalue weighted by Gasteiger charge is -2.29. The van der Waals surface area contributed by atoms with Crippen LogP contribution in [0.15, 0.2) is 24.3 Å². The monoisotopic (exact) mass is 234 g/mol. The molecule has 1 N–H and O–H groups in total. The summed E-state index contributed by atoms with van der Waals surface area (Å²) in [4.78, 5) is 0. The van der Waals surface area contributed by atoms with Crippen LogP contribution in [0.5, 0.6) is 0 Å². The van der Waals surface area contributed by atoms with Gasteiger partial charge in [0.25, 0.3) is 0 Å². The molecule has 5 heteroatoms. The third-order valence-electron chi connectivity index (χ3n) is 2.55. The molecule has 0 amide bonds. The number of aliphatic hydroxyl groups is 1. The van der Waals surface area contributed by atoms with Crippen LogP contribution in [0.2, 0.25) is 0 Å². The Balaban J connectivity index is 3.34. The minimum Gasteiger partial charge on any atom is -0.393 e. The van der Waals surface area contributed by atoms with Crippen molar-refractivity contribution in [3.63, 3.8) is 0 Å². The Morgan fingerprint density at radius 1 is 1.19 bits per heavy atom. The van der Waals surface area contributed by atoms with Gasteiger partial charge in [0.2, 0.25) is 0 Å². The van der Waals surface area contributed by atoms with Crippen LogP contribution in [-0.4, -0.2) is 18.8 Å². The molecule has 0 bridgehead atoms. The normalized spacial score (nSPS) is 15.9. The van der Waals surface area contributed by atoms with Crippen LogP contribution in [0.1, 0.15) is 18.1 Å². The highest BCUT2D eigenvalue weighted by molar-refractivity contribution is 5.34. The van der Waals surface area contributed by atoms with Gasteiger partial charge in [0.1, 0.15) is 5.60 Å². The van der Waals surface area contributed by atoms with E-state index in [2.05, 4.69) is 0 Å². The van der Waals surface area contributed by atoms with Crippen LogP contribution >= 0.6 is 0 Å². The second kappa shape index (κ2) is 4.43. The fourth-order valence-corrected chi connectivity index (χ4v) is 1.45. The smallest absolute Gasteiger partial charge is 0.393 e. The third kappa shape index (κ3) is 2.36. The van der Waals surface area contributed by atoms with Crippen LogP contribution in [0.3, 0.4) is 0 Å². The molecule has 1 aromatic carbocycles. The molecule has 0 heterocycles. The van der Waals surface area contributed by atoms with Crippen LogP contribution < -0.4 is 0 Å². The zero-order chi connectivity index (χ0) is 12.4. The Morgan fingerprint density at radius 3 is 2.06 bits per heavy atom. The summed E-state index contributed by atoms with van der Waals surface area (Å²) >= 11 is 0. The van der Waals surface area contributed by atoms with E-state index in [-0.39, 0.29) is 5.56 Å². The van der Waals surface area contributed by atoms with Crippen molar-refractivity contribution in [1.82, 2.24) is 0 Å². The molecule has 90 valence electrons. The SMILES string of the molecule is COC(C)(CO)c1ccccc1C(F)(F)F. The molecule has 0 aromatic heterocycles. The summed E-state index contributed by atoms with van der Waals surface area (Å²) in [6.07, 6.45) is -4.45. The number of rotatable bonds is 3. The molecule has 1 rings (SSSR count). The fraction of sp³-hybridized carbons (Fsp3) is 0.455. The predicted molar refractivity (Wildman–Crippen MR) is 52.9 cm³/mol. The van der Waals surface area contributed by atoms with Crippen molar-refractivity contribution in [2.45, 2.75) is 18.7 Å². The van der Waals surface area contributed by atoms with Gasteiger partial charge < -0.3 is 9.84 Å². The summed E-state index contributed by atoms with van der Waals surface area (Å²) in [6, 6.07) is 5.07. The van der Waals surface area contributed by atoms with E-state index in [4.69, 9.17) is 9.84 Å². The number of alkyl halides is 3. The van der Waals surface area contributed by atoms with E-state index in [9.17, 15) is 13.2 Å². The van der Waals surface area contributed by atoms with Gasteiger partial charge in [-0.1, -0.05) is 18.2 Å². The van der Waals surface area contributed by atoms with Crippen molar-refractivity contribution in [3.8, 4) is 0 Å². The van der Waals surface area contributed by atoms with Gasteiger partial charge in [-0.2, -0.15) is 13.2 Å². The molecule has 1 aromatic rings. The van der Waals surface area contributed by atoms with Gasteiger partial charge in [-0.05, 0) is 18.6 Å². The van der Waals surface area contributed by atoms with Crippen molar-refractivity contribution < 1.29 is 23.0 Å². The molecule has 0 saturated carbocycles. The van der Waals surface area contributed by atoms with Gasteiger partial charge in [-0.3, -0.25) is 0 Å². The van der Waals surface area contributed by atoms with E-state index in [0.29, 0.717) is 0 Å². The molecule has 0 fully saturated rings. The van der Waals surface area contributed by atoms with Gasteiger partial charge in [-0.15, -0.1) is 0 Å². The maximum atomic E-state index is 12.7. The van der Waals surface area contributed by atoms with Crippen LogP contribution in [-0.2, 0) is 16.5 Å². The van der Waals surface area contributed by atoms with E-state index in [1.165, 1.54) is 32.2 Å². The predicted octanol–water partition coefficient (Wildman–Crippen LogP) is 2.56. The summed E-state index contributed by atoms with van der Waals surface area (Å²) in [5.74, 6) is 0. The highest BCUT2D eigenvalue weighted by atomic mass is 19.4. The highest BCUT2D eigenvalue weighted by Crippen LogP contribution is 2.37. The first-order valence-corrected chi connectivity index (χ1v) is 4.68. The minimum absolute atomic E-state index is 0.0625. The Labute approximate surface area is 91.7 Å². The molecule has 16 heavy (non-hydrogen) atoms. The molecule has 0 aliphatic heterocycles. The summed E-state index contributed by atoms with van der Waals surface area (Å²) in [5, 5.41) is 9.14. The summed E-state index contributed by atoms with van der Waals surface area (Å²) in [5.41, 5.74) is -2.19. The topological polar surface area (TPSA) is 29.5 Å². The lowest BCUT2D eigenvalue weighted by Crippen LogP contribution is -2.31. The highest BCUT2D eigenvalue weighted by Gasteiger charge is 2.39. The van der Waals surface area contributed by atoms with Crippen molar-refractivity contribution in [2.75, 3.05) is 13.7 Å². The average Bonchev–Trinajstić information content (AvgIpc) is 2.27. The van der Waals surface area contributed by atoms with Crippen molar-refractivity contribution in [2.24, 2.45) is 0 Å². The van der Waals surface area contributed by atoms with Gasteiger partial charge in [-0.25, -0.2) is 0 Å². The van der Waals surface area contributed by atoms with E-state index in [0.717, 1.165) is 6.07 Å². The van der Waals surface area contributed by atoms with Crippen molar-refractivity contribution in [1.29, 1.82) is 0 Å². The van der Waals surface area contributed by atoms with Gasteiger partial charge in [0, 0.05) is 7.11 Å². The summed E-state index contributed by atoms with van der Waals surface area (Å²) in [7, 11) is 1.27. The molecule has 0 spiro atoms. The lowest BCUT2D eigenvalue weighted by atomic mass is 9.91. The van der Waals surface area contributed by atoms with E-state index in [1.807, 2.05) is 0 Å². The largest absolute Gasteiger partial charge is 0.416 e. The van der Waals surface area contributed by atoms with Crippen molar-refractivity contribution in [3.05, 3.63) is 35.4 Å². The van der Waals surface area contributed by atoms with Gasteiger partial charge in [0.15, 0.2) is 0 Å². The number of methoxy groups -OCH3 is 1. The van der Waals surface area contributed by atoms with Crippen LogP contribution in [0.25, 0.3) is 0 Å². The first-order chi connectivity index (χ1) is 7.35. The number of halogens is 3. The number of hydrogen-bond acceptors (Lipinski definition) is 2. The third-order valence-corrected chi connectivity index (χ3v) is 2.55. The second-order valence-corrected chi connectivity index (χ2v) is 3.64. The molecule has 1 atom stereocenters. The zero-order valence-electron chi connectivity index (χ0n) is 9.01. The standard InChI is InChI=1S/C11H13F3O2/c1-10(7-15,16-2)8-5-3-4-6-9(8)11(12,13)14/h3-6,15H,7H2,1-2H3. The minimum atomic E-state index is -4.45. The van der Waals surface area contributed by atoms with Crippen molar-refractivity contribution >= 4 is 0 Å². The zero-order valence-corrected chi connectivity index (χ0v) is 9.01. The Bertz CT molecular complexity index is 356. The number of ether oxygens (including phenoxy) is 1. The van der Waals surface area contributed by atoms with Crippen LogP contribution in [0.4, 0.5) is 13.2 Å². The Kier molecular flexibility index (Phi) is 3.60. The quantitative estimate of drug-likeness (QED) is 0.870. The van der Waals surface area contributed by atoms with Gasteiger partial charge in [0.05, 0.1) is 12.2 Å². The Morgan fingerprint density at radius 2 is 1.69 bits per heavy atom. The Hall–Kier alpha value is -1.07. The number of aliphatic hydroxyl groups excluding tert-OH is 1. The molecular weight excluding hydrogens is 221 g/mol. The maximum absolute atomic E-state index is 12.7. The van der Waals surface area contributed by atoms with Gasteiger partial charge >= 0.3 is 6.18 Å². The second-order valence-electron chi connectivity index (χ2n) is 3.64. The number of benzene rings is 1. The lowest BCUT2D eigenvalue weighted by molar-refractivity contribution is -0.142. The maximum Gasteiger partial charge on any atom is 0.416 e. The molecule has 0 radical (unpaired) electrons. The first kappa shape index (κ1) is 13.0. The molecule has 0 saturated heterocycles. The average molecular weight is 234 g/mol. The first-order valence-electron chi connectivity index (χ1n) is 4.68. The van der Waals surface area contributed by atoms with Crippen LogP contribution in [0, 0.1) is 0 Å². The van der Waals surface area contributed by atoms with E-state index >= 15 is 0 Å². The fourth-order valence-electron chi connectivity index (χ4n) is 1.45. The number of hydrogen-bond donors (Lipinski definition) is 1. The molecule has 0 aliphatic carbocycles. The molecule has 2 nitrogen and oxygen atoms in total. The molecule has 0 aliphatic rings. The summed E-state index contributed by atoms with van der Waals surface area (Å²) < 4.78 is 43.1. The van der Waals surface area contributed by atoms with E-state index < -0.39 is 23.9 Å². The van der Waals surface area contributed by atoms with E-state index in [1.54, 1.807) is 0 Å². The molecule has 1 unspecified atom stereocenters. The molecular formula is C11H13F3O2. The summed E-state index contributed by atoms with van der Waals surface area (Å²) in [6.45, 7) is 0.897.